The van der Waals surface area contributed by atoms with Crippen LogP contribution in [0.4, 0.5) is 0 Å². The number of amides is 2. The summed E-state index contributed by atoms with van der Waals surface area (Å²) in [5.41, 5.74) is 2.46. The minimum atomic E-state index is -0.0297. The summed E-state index contributed by atoms with van der Waals surface area (Å²) in [6.07, 6.45) is 0.898. The molecule has 0 saturated heterocycles. The molecule has 1 saturated carbocycles. The molecular formula is C17H24N2O2. The molecule has 0 radical (unpaired) electrons. The van der Waals surface area contributed by atoms with Crippen LogP contribution in [0.5, 0.6) is 0 Å². The van der Waals surface area contributed by atoms with E-state index in [-0.39, 0.29) is 24.3 Å². The van der Waals surface area contributed by atoms with Crippen LogP contribution in [0, 0.1) is 12.8 Å². The van der Waals surface area contributed by atoms with E-state index >= 15 is 0 Å². The quantitative estimate of drug-likeness (QED) is 0.832. The van der Waals surface area contributed by atoms with E-state index in [1.165, 1.54) is 16.0 Å². The Morgan fingerprint density at radius 1 is 1.29 bits per heavy atom. The van der Waals surface area contributed by atoms with Crippen LogP contribution in [0.3, 0.4) is 0 Å². The molecule has 0 bridgehead atoms. The molecule has 4 heteroatoms. The highest BCUT2D eigenvalue weighted by Gasteiger charge is 2.45. The summed E-state index contributed by atoms with van der Waals surface area (Å²) < 4.78 is 0. The first-order valence-electron chi connectivity index (χ1n) is 7.49. The summed E-state index contributed by atoms with van der Waals surface area (Å²) in [5.74, 6) is 0.444. The van der Waals surface area contributed by atoms with Crippen molar-refractivity contribution in [1.29, 1.82) is 0 Å². The lowest BCUT2D eigenvalue weighted by molar-refractivity contribution is -0.139. The highest BCUT2D eigenvalue weighted by atomic mass is 16.2. The monoisotopic (exact) mass is 288 g/mol. The molecule has 1 fully saturated rings. The van der Waals surface area contributed by atoms with Gasteiger partial charge in [-0.15, -0.1) is 0 Å². The Balaban J connectivity index is 1.99. The largest absolute Gasteiger partial charge is 0.347 e. The third-order valence-corrected chi connectivity index (χ3v) is 4.10. The Bertz CT molecular complexity index is 539. The van der Waals surface area contributed by atoms with Crippen molar-refractivity contribution in [2.45, 2.75) is 26.2 Å². The number of carbonyl (C=O) groups excluding carboxylic acids is 2. The number of nitrogens with zero attached hydrogens (tertiary/aromatic N) is 2. The number of rotatable bonds is 5. The molecule has 2 atom stereocenters. The van der Waals surface area contributed by atoms with Crippen LogP contribution in [0.2, 0.25) is 0 Å². The summed E-state index contributed by atoms with van der Waals surface area (Å²) >= 11 is 0. The van der Waals surface area contributed by atoms with Gasteiger partial charge in [-0.25, -0.2) is 0 Å². The Kier molecular flexibility index (Phi) is 4.66. The van der Waals surface area contributed by atoms with Gasteiger partial charge < -0.3 is 9.80 Å². The second kappa shape index (κ2) is 6.29. The number of likely N-dealkylation sites (N-methyl/N-ethyl adjacent to an activating group) is 2. The van der Waals surface area contributed by atoms with E-state index in [1.54, 1.807) is 19.0 Å². The summed E-state index contributed by atoms with van der Waals surface area (Å²) in [5, 5.41) is 0. The van der Waals surface area contributed by atoms with Crippen molar-refractivity contribution in [2.24, 2.45) is 5.92 Å². The van der Waals surface area contributed by atoms with Crippen LogP contribution in [0.1, 0.15) is 30.4 Å². The fraction of sp³-hybridized carbons (Fsp3) is 0.529. The predicted molar refractivity (Wildman–Crippen MR) is 83.0 cm³/mol. The summed E-state index contributed by atoms with van der Waals surface area (Å²) in [6.45, 7) is 4.75. The Labute approximate surface area is 126 Å². The molecule has 1 aromatic rings. The van der Waals surface area contributed by atoms with Gasteiger partial charge in [0.1, 0.15) is 0 Å². The average Bonchev–Trinajstić information content (AvgIpc) is 3.24. The van der Waals surface area contributed by atoms with Gasteiger partial charge in [-0.2, -0.15) is 0 Å². The first-order chi connectivity index (χ1) is 9.93. The van der Waals surface area contributed by atoms with E-state index in [0.717, 1.165) is 6.42 Å². The Hall–Kier alpha value is -1.84. The van der Waals surface area contributed by atoms with Gasteiger partial charge in [0.15, 0.2) is 0 Å². The van der Waals surface area contributed by atoms with Crippen LogP contribution >= 0.6 is 0 Å². The minimum absolute atomic E-state index is 0.0297. The molecule has 2 amide bonds. The lowest BCUT2D eigenvalue weighted by Gasteiger charge is -2.22. The molecule has 114 valence electrons. The molecule has 0 spiro atoms. The first kappa shape index (κ1) is 15.5. The van der Waals surface area contributed by atoms with E-state index in [1.807, 2.05) is 13.0 Å². The van der Waals surface area contributed by atoms with Gasteiger partial charge in [-0.3, -0.25) is 9.59 Å². The maximum Gasteiger partial charge on any atom is 0.241 e. The van der Waals surface area contributed by atoms with Crippen molar-refractivity contribution in [3.8, 4) is 0 Å². The highest BCUT2D eigenvalue weighted by Crippen LogP contribution is 2.48. The minimum Gasteiger partial charge on any atom is -0.347 e. The van der Waals surface area contributed by atoms with Crippen LogP contribution in [0.25, 0.3) is 0 Å². The zero-order valence-corrected chi connectivity index (χ0v) is 13.3. The Morgan fingerprint density at radius 2 is 2.00 bits per heavy atom. The number of hydrogen-bond donors (Lipinski definition) is 0. The number of carbonyl (C=O) groups is 2. The van der Waals surface area contributed by atoms with Crippen molar-refractivity contribution in [1.82, 2.24) is 9.80 Å². The fourth-order valence-electron chi connectivity index (χ4n) is 2.62. The molecule has 1 aromatic carbocycles. The zero-order valence-electron chi connectivity index (χ0n) is 13.3. The molecule has 0 N–H and O–H groups in total. The summed E-state index contributed by atoms with van der Waals surface area (Å²) in [4.78, 5) is 27.5. The summed E-state index contributed by atoms with van der Waals surface area (Å²) in [7, 11) is 3.43. The fourth-order valence-corrected chi connectivity index (χ4v) is 2.62. The molecule has 2 rings (SSSR count). The number of aryl methyl sites for hydroxylation is 1. The normalized spacial score (nSPS) is 20.0. The van der Waals surface area contributed by atoms with Crippen molar-refractivity contribution in [3.05, 3.63) is 35.4 Å². The smallest absolute Gasteiger partial charge is 0.241 e. The maximum atomic E-state index is 12.5. The van der Waals surface area contributed by atoms with E-state index in [9.17, 15) is 9.59 Å². The lowest BCUT2D eigenvalue weighted by Crippen LogP contribution is -2.41. The van der Waals surface area contributed by atoms with E-state index < -0.39 is 0 Å². The predicted octanol–water partition coefficient (Wildman–Crippen LogP) is 2.04. The molecule has 0 unspecified atom stereocenters. The second-order valence-corrected chi connectivity index (χ2v) is 6.00. The average molecular weight is 288 g/mol. The number of benzene rings is 1. The Morgan fingerprint density at radius 3 is 2.57 bits per heavy atom. The van der Waals surface area contributed by atoms with Crippen LogP contribution < -0.4 is 0 Å². The van der Waals surface area contributed by atoms with Crippen molar-refractivity contribution in [3.63, 3.8) is 0 Å². The third kappa shape index (κ3) is 3.63. The molecule has 0 heterocycles. The zero-order chi connectivity index (χ0) is 15.6. The molecule has 1 aliphatic rings. The van der Waals surface area contributed by atoms with E-state index in [4.69, 9.17) is 0 Å². The highest BCUT2D eigenvalue weighted by molar-refractivity contribution is 5.88. The van der Waals surface area contributed by atoms with Gasteiger partial charge in [0.2, 0.25) is 11.8 Å². The first-order valence-corrected chi connectivity index (χ1v) is 7.49. The van der Waals surface area contributed by atoms with Gasteiger partial charge in [-0.1, -0.05) is 29.8 Å². The van der Waals surface area contributed by atoms with Gasteiger partial charge in [0.05, 0.1) is 6.54 Å². The molecular weight excluding hydrogens is 264 g/mol. The third-order valence-electron chi connectivity index (χ3n) is 4.10. The van der Waals surface area contributed by atoms with Gasteiger partial charge >= 0.3 is 0 Å². The van der Waals surface area contributed by atoms with Crippen molar-refractivity contribution in [2.75, 3.05) is 27.2 Å². The van der Waals surface area contributed by atoms with Gasteiger partial charge in [0, 0.05) is 26.6 Å². The maximum absolute atomic E-state index is 12.5. The van der Waals surface area contributed by atoms with Crippen molar-refractivity contribution < 1.29 is 9.59 Å². The molecule has 1 aliphatic carbocycles. The molecule has 21 heavy (non-hydrogen) atoms. The van der Waals surface area contributed by atoms with Gasteiger partial charge in [-0.05, 0) is 31.7 Å². The van der Waals surface area contributed by atoms with Crippen LogP contribution in [-0.4, -0.2) is 48.8 Å². The molecule has 4 nitrogen and oxygen atoms in total. The van der Waals surface area contributed by atoms with Crippen LogP contribution in [0.15, 0.2) is 24.3 Å². The van der Waals surface area contributed by atoms with Gasteiger partial charge in [0.25, 0.3) is 0 Å². The lowest BCUT2D eigenvalue weighted by atomic mass is 10.1. The SMILES string of the molecule is CCN(CC(=O)N(C)C)C(=O)[C@@H]1C[C@@H]1c1cccc(C)c1. The summed E-state index contributed by atoms with van der Waals surface area (Å²) in [6, 6.07) is 8.35. The topological polar surface area (TPSA) is 40.6 Å². The second-order valence-electron chi connectivity index (χ2n) is 6.00. The van der Waals surface area contributed by atoms with Crippen molar-refractivity contribution >= 4 is 11.8 Å². The van der Waals surface area contributed by atoms with E-state index in [0.29, 0.717) is 12.5 Å². The van der Waals surface area contributed by atoms with E-state index in [2.05, 4.69) is 25.1 Å². The standard InChI is InChI=1S/C17H24N2O2/c1-5-19(11-16(20)18(3)4)17(21)15-10-14(15)13-8-6-7-12(2)9-13/h6-9,14-15H,5,10-11H2,1-4H3/t14-,15-/m1/s1. The molecule has 0 aromatic heterocycles. The number of hydrogen-bond acceptors (Lipinski definition) is 2. The van der Waals surface area contributed by atoms with Crippen LogP contribution in [-0.2, 0) is 9.59 Å². The molecule has 0 aliphatic heterocycles.